The van der Waals surface area contributed by atoms with Crippen molar-refractivity contribution in [1.29, 1.82) is 0 Å². The lowest BCUT2D eigenvalue weighted by Gasteiger charge is -2.38. The lowest BCUT2D eigenvalue weighted by atomic mass is 9.63. The van der Waals surface area contributed by atoms with Gasteiger partial charge in [-0.15, -0.1) is 0 Å². The molecule has 2 unspecified atom stereocenters. The molecule has 3 rings (SSSR count). The number of hydrogen-bond acceptors (Lipinski definition) is 4. The third-order valence-electron chi connectivity index (χ3n) is 5.19. The molecule has 0 bridgehead atoms. The van der Waals surface area contributed by atoms with Crippen molar-refractivity contribution >= 4 is 22.7 Å². The molecule has 2 aromatic rings. The van der Waals surface area contributed by atoms with Gasteiger partial charge in [0.15, 0.2) is 0 Å². The van der Waals surface area contributed by atoms with E-state index in [9.17, 15) is 14.7 Å². The van der Waals surface area contributed by atoms with Gasteiger partial charge in [0.1, 0.15) is 11.2 Å². The van der Waals surface area contributed by atoms with Gasteiger partial charge in [-0.3, -0.25) is 9.59 Å². The summed E-state index contributed by atoms with van der Waals surface area (Å²) in [7, 11) is 2.91. The summed E-state index contributed by atoms with van der Waals surface area (Å²) < 4.78 is 10.2. The minimum Gasteiger partial charge on any atom is -0.497 e. The van der Waals surface area contributed by atoms with Gasteiger partial charge in [-0.25, -0.2) is 0 Å². The number of methoxy groups -OCH3 is 2. The topological polar surface area (TPSA) is 72.8 Å². The summed E-state index contributed by atoms with van der Waals surface area (Å²) in [4.78, 5) is 24.2. The molecule has 126 valence electrons. The molecule has 1 aliphatic rings. The zero-order valence-corrected chi connectivity index (χ0v) is 14.0. The zero-order chi connectivity index (χ0) is 17.5. The molecular weight excluding hydrogens is 308 g/mol. The molecule has 0 aromatic heterocycles. The van der Waals surface area contributed by atoms with Crippen LogP contribution in [0.4, 0.5) is 0 Å². The second-order valence-corrected chi connectivity index (χ2v) is 6.30. The van der Waals surface area contributed by atoms with E-state index in [1.54, 1.807) is 14.0 Å². The number of carbonyl (C=O) groups excluding carboxylic acids is 1. The molecule has 2 atom stereocenters. The van der Waals surface area contributed by atoms with Crippen LogP contribution in [0.2, 0.25) is 0 Å². The molecule has 5 heteroatoms. The van der Waals surface area contributed by atoms with Crippen LogP contribution in [0.15, 0.2) is 30.3 Å². The molecule has 0 saturated carbocycles. The molecule has 5 nitrogen and oxygen atoms in total. The highest BCUT2D eigenvalue weighted by atomic mass is 16.5. The summed E-state index contributed by atoms with van der Waals surface area (Å²) in [5.74, 6) is -1.52. The Labute approximate surface area is 140 Å². The average Bonchev–Trinajstić information content (AvgIpc) is 2.59. The van der Waals surface area contributed by atoms with E-state index in [1.807, 2.05) is 30.3 Å². The van der Waals surface area contributed by atoms with Crippen LogP contribution in [0.1, 0.15) is 24.5 Å². The Hall–Kier alpha value is -2.56. The monoisotopic (exact) mass is 328 g/mol. The number of rotatable bonds is 3. The molecule has 1 aliphatic carbocycles. The Bertz CT molecular complexity index is 826. The van der Waals surface area contributed by atoms with Crippen molar-refractivity contribution in [1.82, 2.24) is 0 Å². The Morgan fingerprint density at radius 1 is 1.21 bits per heavy atom. The number of ether oxygens (including phenoxy) is 2. The van der Waals surface area contributed by atoms with Gasteiger partial charge >= 0.3 is 11.9 Å². The third kappa shape index (κ3) is 2.23. The first kappa shape index (κ1) is 16.3. The van der Waals surface area contributed by atoms with Crippen molar-refractivity contribution < 1.29 is 24.2 Å². The second-order valence-electron chi connectivity index (χ2n) is 6.30. The zero-order valence-electron chi connectivity index (χ0n) is 14.0. The Morgan fingerprint density at radius 2 is 1.96 bits per heavy atom. The van der Waals surface area contributed by atoms with Gasteiger partial charge in [-0.2, -0.15) is 0 Å². The number of carboxylic acids is 1. The first-order valence-electron chi connectivity index (χ1n) is 7.84. The minimum absolute atomic E-state index is 0.402. The average molecular weight is 328 g/mol. The molecule has 1 N–H and O–H groups in total. The molecule has 24 heavy (non-hydrogen) atoms. The predicted molar refractivity (Wildman–Crippen MR) is 89.3 cm³/mol. The lowest BCUT2D eigenvalue weighted by molar-refractivity contribution is -0.158. The molecule has 0 radical (unpaired) electrons. The summed E-state index contributed by atoms with van der Waals surface area (Å²) in [5, 5.41) is 11.6. The maximum absolute atomic E-state index is 12.5. The first-order chi connectivity index (χ1) is 11.4. The van der Waals surface area contributed by atoms with E-state index in [0.717, 1.165) is 27.6 Å². The molecule has 0 fully saturated rings. The van der Waals surface area contributed by atoms with Crippen molar-refractivity contribution in [3.8, 4) is 5.75 Å². The summed E-state index contributed by atoms with van der Waals surface area (Å²) in [5.41, 5.74) is 0.564. The summed E-state index contributed by atoms with van der Waals surface area (Å²) in [6.07, 6.45) is 1.02. The van der Waals surface area contributed by atoms with Crippen LogP contribution < -0.4 is 4.74 Å². The van der Waals surface area contributed by atoms with Crippen molar-refractivity contribution in [2.45, 2.75) is 25.2 Å². The Morgan fingerprint density at radius 3 is 2.58 bits per heavy atom. The van der Waals surface area contributed by atoms with Gasteiger partial charge in [-0.05, 0) is 53.8 Å². The lowest BCUT2D eigenvalue weighted by Crippen LogP contribution is -2.48. The molecule has 0 aliphatic heterocycles. The van der Waals surface area contributed by atoms with Gasteiger partial charge in [0, 0.05) is 0 Å². The van der Waals surface area contributed by atoms with Gasteiger partial charge in [0.25, 0.3) is 0 Å². The molecule has 0 saturated heterocycles. The summed E-state index contributed by atoms with van der Waals surface area (Å²) >= 11 is 0. The van der Waals surface area contributed by atoms with E-state index < -0.39 is 23.3 Å². The smallest absolute Gasteiger partial charge is 0.316 e. The van der Waals surface area contributed by atoms with E-state index >= 15 is 0 Å². The van der Waals surface area contributed by atoms with Gasteiger partial charge < -0.3 is 14.6 Å². The fourth-order valence-electron chi connectivity index (χ4n) is 3.85. The third-order valence-corrected chi connectivity index (χ3v) is 5.19. The number of aliphatic carboxylic acids is 1. The van der Waals surface area contributed by atoms with E-state index in [-0.39, 0.29) is 0 Å². The predicted octanol–water partition coefficient (Wildman–Crippen LogP) is 2.93. The van der Waals surface area contributed by atoms with Crippen LogP contribution in [0.25, 0.3) is 10.8 Å². The summed E-state index contributed by atoms with van der Waals surface area (Å²) in [6.45, 7) is 1.67. The van der Waals surface area contributed by atoms with Gasteiger partial charge in [0.2, 0.25) is 0 Å². The number of fused-ring (bicyclic) bond motifs is 3. The van der Waals surface area contributed by atoms with Crippen LogP contribution >= 0.6 is 0 Å². The number of esters is 1. The Kier molecular flexibility index (Phi) is 3.95. The van der Waals surface area contributed by atoms with Gasteiger partial charge in [0.05, 0.1) is 20.1 Å². The van der Waals surface area contributed by atoms with Crippen LogP contribution in [0.3, 0.4) is 0 Å². The molecule has 0 amide bonds. The van der Waals surface area contributed by atoms with Crippen molar-refractivity contribution in [2.75, 3.05) is 14.2 Å². The van der Waals surface area contributed by atoms with Crippen molar-refractivity contribution in [3.05, 3.63) is 41.5 Å². The minimum atomic E-state index is -1.19. The number of benzene rings is 2. The largest absolute Gasteiger partial charge is 0.497 e. The number of carbonyl (C=O) groups is 2. The first-order valence-corrected chi connectivity index (χ1v) is 7.84. The fourth-order valence-corrected chi connectivity index (χ4v) is 3.85. The fraction of sp³-hybridized carbons (Fsp3) is 0.368. The van der Waals surface area contributed by atoms with Crippen molar-refractivity contribution in [2.24, 2.45) is 5.92 Å². The maximum Gasteiger partial charge on any atom is 0.316 e. The van der Waals surface area contributed by atoms with E-state index in [1.165, 1.54) is 7.11 Å². The SMILES string of the molecule is COC(=O)C1(C)c2ccc3cc(OC)ccc3c2CCC1C(=O)O. The standard InChI is InChI=1S/C19H20O5/c1-19(18(22)24-3)15-8-4-11-10-12(23-2)5-6-13(11)14(15)7-9-16(19)17(20)21/h4-6,8,10,16H,7,9H2,1-3H3,(H,20,21). The maximum atomic E-state index is 12.5. The second kappa shape index (κ2) is 5.82. The quantitative estimate of drug-likeness (QED) is 0.877. The van der Waals surface area contributed by atoms with E-state index in [4.69, 9.17) is 9.47 Å². The highest BCUT2D eigenvalue weighted by molar-refractivity contribution is 5.95. The molecular formula is C19H20O5. The van der Waals surface area contributed by atoms with Crippen LogP contribution in [-0.2, 0) is 26.2 Å². The summed E-state index contributed by atoms with van der Waals surface area (Å²) in [6, 6.07) is 9.53. The normalized spacial score (nSPS) is 22.7. The van der Waals surface area contributed by atoms with Crippen LogP contribution in [0.5, 0.6) is 5.75 Å². The van der Waals surface area contributed by atoms with E-state index in [0.29, 0.717) is 12.8 Å². The Balaban J connectivity index is 2.26. The molecule has 0 heterocycles. The number of hydrogen-bond donors (Lipinski definition) is 1. The molecule has 2 aromatic carbocycles. The molecule has 0 spiro atoms. The van der Waals surface area contributed by atoms with Crippen LogP contribution in [0, 0.1) is 5.92 Å². The number of carboxylic acid groups (broad SMARTS) is 1. The van der Waals surface area contributed by atoms with Crippen molar-refractivity contribution in [3.63, 3.8) is 0 Å². The van der Waals surface area contributed by atoms with Gasteiger partial charge in [-0.1, -0.05) is 18.2 Å². The highest BCUT2D eigenvalue weighted by Crippen LogP contribution is 2.45. The highest BCUT2D eigenvalue weighted by Gasteiger charge is 2.51. The van der Waals surface area contributed by atoms with Crippen LogP contribution in [-0.4, -0.2) is 31.3 Å². The van der Waals surface area contributed by atoms with E-state index in [2.05, 4.69) is 0 Å². The number of aryl methyl sites for hydroxylation is 1.